The van der Waals surface area contributed by atoms with E-state index in [0.717, 1.165) is 22.3 Å². The number of nitrogens with two attached hydrogens (primary N) is 1. The van der Waals surface area contributed by atoms with Gasteiger partial charge in [-0.25, -0.2) is 0 Å². The Hall–Kier alpha value is -0.0500. The fraction of sp³-hybridized carbons (Fsp3) is 0.400. The summed E-state index contributed by atoms with van der Waals surface area (Å²) in [4.78, 5) is 0. The van der Waals surface area contributed by atoms with Crippen molar-refractivity contribution in [3.05, 3.63) is 33.3 Å². The summed E-state index contributed by atoms with van der Waals surface area (Å²) in [5.41, 5.74) is 6.94. The van der Waals surface area contributed by atoms with E-state index in [0.29, 0.717) is 0 Å². The van der Waals surface area contributed by atoms with Crippen molar-refractivity contribution in [3.63, 3.8) is 0 Å². The summed E-state index contributed by atoms with van der Waals surface area (Å²) in [7, 11) is 0. The molecular weight excluding hydrogens is 249 g/mol. The van der Waals surface area contributed by atoms with Gasteiger partial charge < -0.3 is 5.73 Å². The lowest BCUT2D eigenvalue weighted by Gasteiger charge is -2.05. The van der Waals surface area contributed by atoms with Crippen molar-refractivity contribution in [1.82, 2.24) is 0 Å². The second-order valence-corrected chi connectivity index (χ2v) is 4.53. The SMILES string of the molecule is CC(N)CCc1ccc(Cl)c(Br)c1. The molecule has 1 aromatic rings. The topological polar surface area (TPSA) is 26.0 Å². The van der Waals surface area contributed by atoms with Gasteiger partial charge in [-0.05, 0) is 53.4 Å². The monoisotopic (exact) mass is 261 g/mol. The lowest BCUT2D eigenvalue weighted by molar-refractivity contribution is 0.666. The van der Waals surface area contributed by atoms with Crippen LogP contribution in [-0.4, -0.2) is 6.04 Å². The van der Waals surface area contributed by atoms with Gasteiger partial charge in [0.2, 0.25) is 0 Å². The second-order valence-electron chi connectivity index (χ2n) is 3.26. The van der Waals surface area contributed by atoms with Crippen LogP contribution in [0.4, 0.5) is 0 Å². The minimum absolute atomic E-state index is 0.259. The molecule has 0 aliphatic heterocycles. The minimum Gasteiger partial charge on any atom is -0.328 e. The first-order valence-electron chi connectivity index (χ1n) is 4.29. The van der Waals surface area contributed by atoms with E-state index in [2.05, 4.69) is 15.9 Å². The highest BCUT2D eigenvalue weighted by atomic mass is 79.9. The summed E-state index contributed by atoms with van der Waals surface area (Å²) in [6, 6.07) is 6.25. The zero-order valence-electron chi connectivity index (χ0n) is 7.56. The van der Waals surface area contributed by atoms with Gasteiger partial charge in [-0.3, -0.25) is 0 Å². The van der Waals surface area contributed by atoms with Gasteiger partial charge in [0.15, 0.2) is 0 Å². The molecule has 3 heteroatoms. The lowest BCUT2D eigenvalue weighted by Crippen LogP contribution is -2.15. The highest BCUT2D eigenvalue weighted by Crippen LogP contribution is 2.23. The molecule has 0 spiro atoms. The van der Waals surface area contributed by atoms with Crippen molar-refractivity contribution < 1.29 is 0 Å². The highest BCUT2D eigenvalue weighted by molar-refractivity contribution is 9.10. The van der Waals surface area contributed by atoms with E-state index in [4.69, 9.17) is 17.3 Å². The molecule has 0 heterocycles. The third-order valence-electron chi connectivity index (χ3n) is 1.87. The van der Waals surface area contributed by atoms with E-state index in [1.807, 2.05) is 25.1 Å². The van der Waals surface area contributed by atoms with Crippen molar-refractivity contribution in [3.8, 4) is 0 Å². The fourth-order valence-electron chi connectivity index (χ4n) is 1.09. The maximum Gasteiger partial charge on any atom is 0.0548 e. The van der Waals surface area contributed by atoms with E-state index in [1.165, 1.54) is 5.56 Å². The van der Waals surface area contributed by atoms with Gasteiger partial charge in [0, 0.05) is 10.5 Å². The van der Waals surface area contributed by atoms with E-state index >= 15 is 0 Å². The Morgan fingerprint density at radius 1 is 1.54 bits per heavy atom. The molecule has 0 aliphatic carbocycles. The zero-order chi connectivity index (χ0) is 9.84. The quantitative estimate of drug-likeness (QED) is 0.888. The number of hydrogen-bond acceptors (Lipinski definition) is 1. The molecule has 1 unspecified atom stereocenters. The average molecular weight is 263 g/mol. The third-order valence-corrected chi connectivity index (χ3v) is 3.09. The summed E-state index contributed by atoms with van der Waals surface area (Å²) in [6.45, 7) is 2.02. The van der Waals surface area contributed by atoms with Gasteiger partial charge >= 0.3 is 0 Å². The smallest absolute Gasteiger partial charge is 0.0548 e. The Kier molecular flexibility index (Phi) is 4.23. The van der Waals surface area contributed by atoms with E-state index < -0.39 is 0 Å². The Labute approximate surface area is 92.4 Å². The largest absolute Gasteiger partial charge is 0.328 e. The molecular formula is C10H13BrClN. The first-order chi connectivity index (χ1) is 6.09. The van der Waals surface area contributed by atoms with E-state index in [1.54, 1.807) is 0 Å². The maximum absolute atomic E-state index is 5.87. The molecule has 0 saturated carbocycles. The summed E-state index contributed by atoms with van der Waals surface area (Å²) >= 11 is 9.26. The molecule has 0 aliphatic rings. The Morgan fingerprint density at radius 3 is 2.77 bits per heavy atom. The molecule has 0 bridgehead atoms. The molecule has 1 aromatic carbocycles. The molecule has 1 nitrogen and oxygen atoms in total. The maximum atomic E-state index is 5.87. The van der Waals surface area contributed by atoms with E-state index in [9.17, 15) is 0 Å². The molecule has 1 rings (SSSR count). The van der Waals surface area contributed by atoms with Crippen molar-refractivity contribution >= 4 is 27.5 Å². The van der Waals surface area contributed by atoms with Crippen LogP contribution in [0.15, 0.2) is 22.7 Å². The highest BCUT2D eigenvalue weighted by Gasteiger charge is 2.00. The number of halogens is 2. The number of rotatable bonds is 3. The Morgan fingerprint density at radius 2 is 2.23 bits per heavy atom. The van der Waals surface area contributed by atoms with Gasteiger partial charge in [-0.2, -0.15) is 0 Å². The normalized spacial score (nSPS) is 12.9. The van der Waals surface area contributed by atoms with Crippen LogP contribution in [-0.2, 0) is 6.42 Å². The molecule has 0 fully saturated rings. The first-order valence-corrected chi connectivity index (χ1v) is 5.46. The average Bonchev–Trinajstić information content (AvgIpc) is 2.07. The predicted octanol–water partition coefficient (Wildman–Crippen LogP) is 3.38. The standard InChI is InChI=1S/C10H13BrClN/c1-7(13)2-3-8-4-5-10(12)9(11)6-8/h4-7H,2-3,13H2,1H3. The molecule has 1 atom stereocenters. The molecule has 13 heavy (non-hydrogen) atoms. The van der Waals surface area contributed by atoms with Crippen LogP contribution >= 0.6 is 27.5 Å². The molecule has 72 valence electrons. The second kappa shape index (κ2) is 4.99. The van der Waals surface area contributed by atoms with Crippen molar-refractivity contribution in [1.29, 1.82) is 0 Å². The van der Waals surface area contributed by atoms with Crippen LogP contribution < -0.4 is 5.73 Å². The number of aryl methyl sites for hydroxylation is 1. The van der Waals surface area contributed by atoms with Crippen molar-refractivity contribution in [2.45, 2.75) is 25.8 Å². The Balaban J connectivity index is 2.63. The van der Waals surface area contributed by atoms with Crippen LogP contribution in [0.3, 0.4) is 0 Å². The molecule has 0 radical (unpaired) electrons. The van der Waals surface area contributed by atoms with Gasteiger partial charge in [-0.1, -0.05) is 17.7 Å². The van der Waals surface area contributed by atoms with E-state index in [-0.39, 0.29) is 6.04 Å². The van der Waals surface area contributed by atoms with Gasteiger partial charge in [0.1, 0.15) is 0 Å². The van der Waals surface area contributed by atoms with Crippen LogP contribution in [0.2, 0.25) is 5.02 Å². The Bertz CT molecular complexity index is 286. The summed E-state index contributed by atoms with van der Waals surface area (Å²) < 4.78 is 0.955. The van der Waals surface area contributed by atoms with Crippen LogP contribution in [0.5, 0.6) is 0 Å². The van der Waals surface area contributed by atoms with Crippen LogP contribution in [0.25, 0.3) is 0 Å². The summed E-state index contributed by atoms with van der Waals surface area (Å²) in [6.07, 6.45) is 2.02. The van der Waals surface area contributed by atoms with Crippen LogP contribution in [0, 0.1) is 0 Å². The predicted molar refractivity (Wildman–Crippen MR) is 61.1 cm³/mol. The summed E-state index contributed by atoms with van der Waals surface area (Å²) in [5.74, 6) is 0. The van der Waals surface area contributed by atoms with Gasteiger partial charge in [-0.15, -0.1) is 0 Å². The molecule has 0 saturated heterocycles. The number of benzene rings is 1. The van der Waals surface area contributed by atoms with Gasteiger partial charge in [0.25, 0.3) is 0 Å². The molecule has 0 aromatic heterocycles. The lowest BCUT2D eigenvalue weighted by atomic mass is 10.1. The van der Waals surface area contributed by atoms with Crippen molar-refractivity contribution in [2.24, 2.45) is 5.73 Å². The fourth-order valence-corrected chi connectivity index (χ4v) is 1.63. The van der Waals surface area contributed by atoms with Crippen molar-refractivity contribution in [2.75, 3.05) is 0 Å². The third kappa shape index (κ3) is 3.67. The first kappa shape index (κ1) is 11.0. The molecule has 0 amide bonds. The molecule has 2 N–H and O–H groups in total. The minimum atomic E-state index is 0.259. The number of hydrogen-bond donors (Lipinski definition) is 1. The van der Waals surface area contributed by atoms with Crippen LogP contribution in [0.1, 0.15) is 18.9 Å². The zero-order valence-corrected chi connectivity index (χ0v) is 9.90. The van der Waals surface area contributed by atoms with Gasteiger partial charge in [0.05, 0.1) is 5.02 Å². The summed E-state index contributed by atoms with van der Waals surface area (Å²) in [5, 5.41) is 0.754.